The molecule has 2 unspecified atom stereocenters. The van der Waals surface area contributed by atoms with Crippen molar-refractivity contribution in [1.82, 2.24) is 10.6 Å². The fourth-order valence-electron chi connectivity index (χ4n) is 2.40. The average molecular weight is 343 g/mol. The molecule has 0 saturated carbocycles. The molecule has 0 rings (SSSR count). The van der Waals surface area contributed by atoms with E-state index in [0.29, 0.717) is 50.9 Å². The molecular weight excluding hydrogens is 304 g/mol. The Labute approximate surface area is 147 Å². The van der Waals surface area contributed by atoms with Crippen molar-refractivity contribution >= 4 is 11.8 Å². The standard InChI is InChI=1S/C18H38N4O2/c1-15(13-20)8-6-12-21-17(23)9-3-4-10-18(24)22-14-16(2)7-5-11-19/h15-16H,3-14,19-20H2,1-2H3,(H,21,23)(H,22,24). The van der Waals surface area contributed by atoms with Crippen LogP contribution in [-0.2, 0) is 9.59 Å². The lowest BCUT2D eigenvalue weighted by atomic mass is 10.1. The Morgan fingerprint density at radius 2 is 1.42 bits per heavy atom. The predicted octanol–water partition coefficient (Wildman–Crippen LogP) is 1.53. The first-order chi connectivity index (χ1) is 11.5. The van der Waals surface area contributed by atoms with Crippen molar-refractivity contribution in [3.63, 3.8) is 0 Å². The molecule has 0 spiro atoms. The first-order valence-corrected chi connectivity index (χ1v) is 9.43. The molecule has 0 aromatic rings. The molecular formula is C18H38N4O2. The normalized spacial score (nSPS) is 13.3. The van der Waals surface area contributed by atoms with Crippen LogP contribution in [0, 0.1) is 11.8 Å². The summed E-state index contributed by atoms with van der Waals surface area (Å²) in [5, 5.41) is 5.87. The van der Waals surface area contributed by atoms with Crippen LogP contribution in [0.3, 0.4) is 0 Å². The van der Waals surface area contributed by atoms with E-state index in [2.05, 4.69) is 24.5 Å². The molecule has 0 aliphatic rings. The Kier molecular flexibility index (Phi) is 14.7. The predicted molar refractivity (Wildman–Crippen MR) is 99.4 cm³/mol. The van der Waals surface area contributed by atoms with Crippen molar-refractivity contribution in [3.8, 4) is 0 Å². The van der Waals surface area contributed by atoms with Crippen LogP contribution in [0.1, 0.15) is 65.2 Å². The van der Waals surface area contributed by atoms with Gasteiger partial charge in [-0.1, -0.05) is 13.8 Å². The van der Waals surface area contributed by atoms with E-state index in [-0.39, 0.29) is 11.8 Å². The molecule has 0 aromatic carbocycles. The molecule has 0 saturated heterocycles. The second-order valence-electron chi connectivity index (χ2n) is 6.88. The smallest absolute Gasteiger partial charge is 0.220 e. The van der Waals surface area contributed by atoms with Gasteiger partial charge < -0.3 is 22.1 Å². The zero-order valence-electron chi connectivity index (χ0n) is 15.6. The van der Waals surface area contributed by atoms with Crippen LogP contribution in [0.2, 0.25) is 0 Å². The van der Waals surface area contributed by atoms with Gasteiger partial charge in [-0.15, -0.1) is 0 Å². The highest BCUT2D eigenvalue weighted by molar-refractivity contribution is 5.77. The van der Waals surface area contributed by atoms with E-state index in [9.17, 15) is 9.59 Å². The van der Waals surface area contributed by atoms with Gasteiger partial charge >= 0.3 is 0 Å². The molecule has 6 nitrogen and oxygen atoms in total. The number of hydrogen-bond donors (Lipinski definition) is 4. The van der Waals surface area contributed by atoms with Crippen LogP contribution in [0.4, 0.5) is 0 Å². The summed E-state index contributed by atoms with van der Waals surface area (Å²) in [7, 11) is 0. The molecule has 0 aliphatic heterocycles. The number of amides is 2. The maximum Gasteiger partial charge on any atom is 0.220 e. The van der Waals surface area contributed by atoms with Crippen molar-refractivity contribution in [3.05, 3.63) is 0 Å². The molecule has 0 fully saturated rings. The number of unbranched alkanes of at least 4 members (excludes halogenated alkanes) is 1. The van der Waals surface area contributed by atoms with Gasteiger partial charge in [0, 0.05) is 25.9 Å². The Morgan fingerprint density at radius 3 is 2.00 bits per heavy atom. The fraction of sp³-hybridized carbons (Fsp3) is 0.889. The first kappa shape index (κ1) is 22.9. The van der Waals surface area contributed by atoms with E-state index in [1.807, 2.05) is 0 Å². The lowest BCUT2D eigenvalue weighted by Gasteiger charge is -2.12. The quantitative estimate of drug-likeness (QED) is 0.338. The number of nitrogens with two attached hydrogens (primary N) is 2. The lowest BCUT2D eigenvalue weighted by molar-refractivity contribution is -0.123. The van der Waals surface area contributed by atoms with Crippen LogP contribution in [0.15, 0.2) is 0 Å². The van der Waals surface area contributed by atoms with E-state index in [4.69, 9.17) is 11.5 Å². The van der Waals surface area contributed by atoms with Crippen LogP contribution < -0.4 is 22.1 Å². The highest BCUT2D eigenvalue weighted by atomic mass is 16.2. The lowest BCUT2D eigenvalue weighted by Crippen LogP contribution is -2.28. The Balaban J connectivity index is 3.50. The number of nitrogens with one attached hydrogen (secondary N) is 2. The summed E-state index contributed by atoms with van der Waals surface area (Å²) in [4.78, 5) is 23.4. The average Bonchev–Trinajstić information content (AvgIpc) is 2.58. The third-order valence-electron chi connectivity index (χ3n) is 4.20. The number of carbonyl (C=O) groups excluding carboxylic acids is 2. The molecule has 0 heterocycles. The summed E-state index contributed by atoms with van der Waals surface area (Å²) in [5.74, 6) is 1.13. The molecule has 0 aliphatic carbocycles. The van der Waals surface area contributed by atoms with E-state index >= 15 is 0 Å². The maximum absolute atomic E-state index is 11.7. The van der Waals surface area contributed by atoms with E-state index in [1.54, 1.807) is 0 Å². The second-order valence-corrected chi connectivity index (χ2v) is 6.88. The molecule has 0 bridgehead atoms. The number of hydrogen-bond acceptors (Lipinski definition) is 4. The van der Waals surface area contributed by atoms with Crippen LogP contribution in [0.5, 0.6) is 0 Å². The molecule has 6 heteroatoms. The molecule has 142 valence electrons. The molecule has 2 amide bonds. The number of rotatable bonds is 15. The molecule has 0 radical (unpaired) electrons. The van der Waals surface area contributed by atoms with Gasteiger partial charge in [0.2, 0.25) is 11.8 Å². The Bertz CT molecular complexity index is 337. The summed E-state index contributed by atoms with van der Waals surface area (Å²) >= 11 is 0. The van der Waals surface area contributed by atoms with Crippen LogP contribution in [-0.4, -0.2) is 38.0 Å². The molecule has 6 N–H and O–H groups in total. The van der Waals surface area contributed by atoms with Gasteiger partial charge in [0.1, 0.15) is 0 Å². The van der Waals surface area contributed by atoms with Crippen molar-refractivity contribution in [2.45, 2.75) is 65.2 Å². The molecule has 0 aromatic heterocycles. The Morgan fingerprint density at radius 1 is 0.833 bits per heavy atom. The van der Waals surface area contributed by atoms with Gasteiger partial charge in [-0.05, 0) is 63.5 Å². The first-order valence-electron chi connectivity index (χ1n) is 9.43. The minimum absolute atomic E-state index is 0.0748. The van der Waals surface area contributed by atoms with Crippen LogP contribution >= 0.6 is 0 Å². The minimum atomic E-state index is 0.0748. The van der Waals surface area contributed by atoms with E-state index in [1.165, 1.54) is 0 Å². The minimum Gasteiger partial charge on any atom is -0.356 e. The SMILES string of the molecule is CC(CN)CCCNC(=O)CCCCC(=O)NCC(C)CCCN. The Hall–Kier alpha value is -1.14. The monoisotopic (exact) mass is 342 g/mol. The van der Waals surface area contributed by atoms with Gasteiger partial charge in [-0.3, -0.25) is 9.59 Å². The second kappa shape index (κ2) is 15.4. The van der Waals surface area contributed by atoms with Gasteiger partial charge in [0.25, 0.3) is 0 Å². The van der Waals surface area contributed by atoms with Crippen molar-refractivity contribution < 1.29 is 9.59 Å². The topological polar surface area (TPSA) is 110 Å². The van der Waals surface area contributed by atoms with Crippen molar-refractivity contribution in [2.75, 3.05) is 26.2 Å². The van der Waals surface area contributed by atoms with Gasteiger partial charge in [-0.2, -0.15) is 0 Å². The third kappa shape index (κ3) is 14.5. The van der Waals surface area contributed by atoms with Crippen LogP contribution in [0.25, 0.3) is 0 Å². The summed E-state index contributed by atoms with van der Waals surface area (Å²) in [5.41, 5.74) is 11.0. The van der Waals surface area contributed by atoms with Gasteiger partial charge in [0.15, 0.2) is 0 Å². The van der Waals surface area contributed by atoms with Crippen molar-refractivity contribution in [2.24, 2.45) is 23.3 Å². The van der Waals surface area contributed by atoms with Gasteiger partial charge in [0.05, 0.1) is 0 Å². The zero-order valence-corrected chi connectivity index (χ0v) is 15.6. The highest BCUT2D eigenvalue weighted by Gasteiger charge is 2.07. The highest BCUT2D eigenvalue weighted by Crippen LogP contribution is 2.05. The third-order valence-corrected chi connectivity index (χ3v) is 4.20. The van der Waals surface area contributed by atoms with E-state index in [0.717, 1.165) is 38.5 Å². The van der Waals surface area contributed by atoms with Crippen molar-refractivity contribution in [1.29, 1.82) is 0 Å². The van der Waals surface area contributed by atoms with E-state index < -0.39 is 0 Å². The zero-order chi connectivity index (χ0) is 18.2. The summed E-state index contributed by atoms with van der Waals surface area (Å²) in [6.45, 7) is 7.06. The molecule has 24 heavy (non-hydrogen) atoms. The number of carbonyl (C=O) groups is 2. The maximum atomic E-state index is 11.7. The summed E-state index contributed by atoms with van der Waals surface area (Å²) < 4.78 is 0. The summed E-state index contributed by atoms with van der Waals surface area (Å²) in [6, 6.07) is 0. The molecule has 2 atom stereocenters. The summed E-state index contributed by atoms with van der Waals surface area (Å²) in [6.07, 6.45) is 6.53. The van der Waals surface area contributed by atoms with Gasteiger partial charge in [-0.25, -0.2) is 0 Å². The fourth-order valence-corrected chi connectivity index (χ4v) is 2.40. The largest absolute Gasteiger partial charge is 0.356 e.